The number of aromatic nitrogens is 2. The predicted octanol–water partition coefficient (Wildman–Crippen LogP) is 0.684. The Kier molecular flexibility index (Phi) is 3.65. The molecule has 1 saturated heterocycles. The van der Waals surface area contributed by atoms with E-state index in [4.69, 9.17) is 4.52 Å². The van der Waals surface area contributed by atoms with Crippen LogP contribution in [0.1, 0.15) is 37.9 Å². The van der Waals surface area contributed by atoms with E-state index in [2.05, 4.69) is 10.1 Å². The second-order valence-corrected chi connectivity index (χ2v) is 5.11. The molecule has 1 aromatic heterocycles. The van der Waals surface area contributed by atoms with Crippen molar-refractivity contribution in [1.82, 2.24) is 15.0 Å². The Morgan fingerprint density at radius 3 is 2.72 bits per heavy atom. The summed E-state index contributed by atoms with van der Waals surface area (Å²) in [5.41, 5.74) is -0.625. The molecule has 1 aliphatic rings. The lowest BCUT2D eigenvalue weighted by atomic mass is 9.93. The molecule has 1 amide bonds. The van der Waals surface area contributed by atoms with E-state index in [0.29, 0.717) is 50.5 Å². The van der Waals surface area contributed by atoms with Crippen molar-refractivity contribution in [2.24, 2.45) is 0 Å². The number of piperidine rings is 1. The second kappa shape index (κ2) is 5.06. The molecule has 0 atom stereocenters. The molecule has 0 saturated carbocycles. The van der Waals surface area contributed by atoms with Gasteiger partial charge in [0.25, 0.3) is 0 Å². The van der Waals surface area contributed by atoms with Gasteiger partial charge in [-0.15, -0.1) is 0 Å². The summed E-state index contributed by atoms with van der Waals surface area (Å²) in [7, 11) is 0. The van der Waals surface area contributed by atoms with Crippen molar-refractivity contribution in [2.75, 3.05) is 13.1 Å². The Balaban J connectivity index is 1.79. The number of aliphatic hydroxyl groups is 1. The molecular formula is C12H19N3O3. The van der Waals surface area contributed by atoms with Crippen LogP contribution in [0.15, 0.2) is 4.52 Å². The Bertz CT molecular complexity index is 418. The third kappa shape index (κ3) is 3.29. The van der Waals surface area contributed by atoms with Crippen LogP contribution < -0.4 is 0 Å². The van der Waals surface area contributed by atoms with E-state index in [1.807, 2.05) is 6.92 Å². The monoisotopic (exact) mass is 253 g/mol. The zero-order valence-electron chi connectivity index (χ0n) is 10.8. The second-order valence-electron chi connectivity index (χ2n) is 5.11. The number of hydrogen-bond acceptors (Lipinski definition) is 5. The SMILES string of the molecule is Cc1noc(CCC(=O)N2CCC(C)(O)CC2)n1. The predicted molar refractivity (Wildman–Crippen MR) is 63.8 cm³/mol. The molecule has 6 nitrogen and oxygen atoms in total. The number of hydrogen-bond donors (Lipinski definition) is 1. The van der Waals surface area contributed by atoms with Crippen LogP contribution >= 0.6 is 0 Å². The highest BCUT2D eigenvalue weighted by atomic mass is 16.5. The van der Waals surface area contributed by atoms with E-state index in [-0.39, 0.29) is 5.91 Å². The van der Waals surface area contributed by atoms with Crippen LogP contribution in [-0.2, 0) is 11.2 Å². The summed E-state index contributed by atoms with van der Waals surface area (Å²) in [6.07, 6.45) is 2.13. The molecule has 0 spiro atoms. The van der Waals surface area contributed by atoms with Gasteiger partial charge >= 0.3 is 0 Å². The van der Waals surface area contributed by atoms with Crippen molar-refractivity contribution < 1.29 is 14.4 Å². The van der Waals surface area contributed by atoms with Crippen LogP contribution in [0.2, 0.25) is 0 Å². The number of nitrogens with zero attached hydrogens (tertiary/aromatic N) is 3. The number of carbonyl (C=O) groups excluding carboxylic acids is 1. The normalized spacial score (nSPS) is 18.9. The molecule has 6 heteroatoms. The van der Waals surface area contributed by atoms with Crippen LogP contribution in [0.3, 0.4) is 0 Å². The van der Waals surface area contributed by atoms with E-state index in [1.54, 1.807) is 11.8 Å². The van der Waals surface area contributed by atoms with Crippen molar-refractivity contribution in [2.45, 2.75) is 45.1 Å². The molecule has 2 heterocycles. The van der Waals surface area contributed by atoms with Crippen LogP contribution in [0.4, 0.5) is 0 Å². The maximum atomic E-state index is 11.9. The molecule has 1 aliphatic heterocycles. The maximum Gasteiger partial charge on any atom is 0.227 e. The highest BCUT2D eigenvalue weighted by Crippen LogP contribution is 2.21. The first-order chi connectivity index (χ1) is 8.46. The highest BCUT2D eigenvalue weighted by molar-refractivity contribution is 5.76. The van der Waals surface area contributed by atoms with Crippen LogP contribution in [0, 0.1) is 6.92 Å². The molecule has 18 heavy (non-hydrogen) atoms. The van der Waals surface area contributed by atoms with Gasteiger partial charge in [0.1, 0.15) is 0 Å². The largest absolute Gasteiger partial charge is 0.390 e. The lowest BCUT2D eigenvalue weighted by Crippen LogP contribution is -2.45. The number of carbonyl (C=O) groups is 1. The van der Waals surface area contributed by atoms with E-state index in [9.17, 15) is 9.90 Å². The Morgan fingerprint density at radius 1 is 1.50 bits per heavy atom. The average molecular weight is 253 g/mol. The van der Waals surface area contributed by atoms with Crippen molar-refractivity contribution >= 4 is 5.91 Å². The Labute approximate surface area is 106 Å². The Hall–Kier alpha value is -1.43. The molecule has 0 aromatic carbocycles. The summed E-state index contributed by atoms with van der Waals surface area (Å²) in [5, 5.41) is 13.5. The van der Waals surface area contributed by atoms with Gasteiger partial charge < -0.3 is 14.5 Å². The first kappa shape index (κ1) is 13.0. The number of amides is 1. The summed E-state index contributed by atoms with van der Waals surface area (Å²) < 4.78 is 4.96. The average Bonchev–Trinajstić information content (AvgIpc) is 2.72. The van der Waals surface area contributed by atoms with Gasteiger partial charge in [-0.25, -0.2) is 0 Å². The molecule has 100 valence electrons. The lowest BCUT2D eigenvalue weighted by molar-refractivity contribution is -0.134. The Morgan fingerprint density at radius 2 is 2.17 bits per heavy atom. The van der Waals surface area contributed by atoms with E-state index < -0.39 is 5.60 Å². The zero-order valence-corrected chi connectivity index (χ0v) is 10.8. The quantitative estimate of drug-likeness (QED) is 0.857. The topological polar surface area (TPSA) is 79.5 Å². The maximum absolute atomic E-state index is 11.9. The molecular weight excluding hydrogens is 234 g/mol. The fourth-order valence-electron chi connectivity index (χ4n) is 2.05. The summed E-state index contributed by atoms with van der Waals surface area (Å²) in [4.78, 5) is 17.8. The number of likely N-dealkylation sites (tertiary alicyclic amines) is 1. The van der Waals surface area contributed by atoms with Gasteiger partial charge in [0.15, 0.2) is 5.82 Å². The molecule has 1 N–H and O–H groups in total. The number of rotatable bonds is 3. The smallest absolute Gasteiger partial charge is 0.227 e. The van der Waals surface area contributed by atoms with Crippen molar-refractivity contribution in [3.05, 3.63) is 11.7 Å². The first-order valence-corrected chi connectivity index (χ1v) is 6.26. The van der Waals surface area contributed by atoms with Gasteiger partial charge in [-0.1, -0.05) is 5.16 Å². The first-order valence-electron chi connectivity index (χ1n) is 6.26. The van der Waals surface area contributed by atoms with Crippen molar-refractivity contribution in [3.8, 4) is 0 Å². The van der Waals surface area contributed by atoms with E-state index in [1.165, 1.54) is 0 Å². The minimum absolute atomic E-state index is 0.0846. The van der Waals surface area contributed by atoms with Crippen molar-refractivity contribution in [3.63, 3.8) is 0 Å². The van der Waals surface area contributed by atoms with Gasteiger partial charge in [-0.2, -0.15) is 4.98 Å². The zero-order chi connectivity index (χ0) is 13.2. The summed E-state index contributed by atoms with van der Waals surface area (Å²) >= 11 is 0. The third-order valence-electron chi connectivity index (χ3n) is 3.32. The van der Waals surface area contributed by atoms with Gasteiger partial charge in [0.2, 0.25) is 11.8 Å². The van der Waals surface area contributed by atoms with Gasteiger partial charge in [-0.05, 0) is 26.7 Å². The number of aryl methyl sites for hydroxylation is 2. The third-order valence-corrected chi connectivity index (χ3v) is 3.32. The van der Waals surface area contributed by atoms with E-state index in [0.717, 1.165) is 0 Å². The van der Waals surface area contributed by atoms with Crippen LogP contribution in [0.5, 0.6) is 0 Å². The molecule has 0 unspecified atom stereocenters. The lowest BCUT2D eigenvalue weighted by Gasteiger charge is -2.35. The molecule has 2 rings (SSSR count). The van der Waals surface area contributed by atoms with Gasteiger partial charge in [0, 0.05) is 25.9 Å². The van der Waals surface area contributed by atoms with Crippen molar-refractivity contribution in [1.29, 1.82) is 0 Å². The fourth-order valence-corrected chi connectivity index (χ4v) is 2.05. The van der Waals surface area contributed by atoms with Gasteiger partial charge in [0.05, 0.1) is 5.60 Å². The summed E-state index contributed by atoms with van der Waals surface area (Å²) in [6, 6.07) is 0. The van der Waals surface area contributed by atoms with Crippen LogP contribution in [0.25, 0.3) is 0 Å². The molecule has 1 aromatic rings. The molecule has 0 bridgehead atoms. The summed E-state index contributed by atoms with van der Waals surface area (Å²) in [5.74, 6) is 1.18. The molecule has 1 fully saturated rings. The van der Waals surface area contributed by atoms with Gasteiger partial charge in [-0.3, -0.25) is 4.79 Å². The summed E-state index contributed by atoms with van der Waals surface area (Å²) in [6.45, 7) is 4.81. The molecule has 0 radical (unpaired) electrons. The minimum Gasteiger partial charge on any atom is -0.390 e. The standard InChI is InChI=1S/C12H19N3O3/c1-9-13-10(18-14-9)3-4-11(16)15-7-5-12(2,17)6-8-15/h17H,3-8H2,1-2H3. The fraction of sp³-hybridized carbons (Fsp3) is 0.750. The van der Waals surface area contributed by atoms with E-state index >= 15 is 0 Å². The molecule has 0 aliphatic carbocycles. The van der Waals surface area contributed by atoms with Crippen LogP contribution in [-0.4, -0.2) is 44.7 Å². The highest BCUT2D eigenvalue weighted by Gasteiger charge is 2.29. The minimum atomic E-state index is -0.625.